The van der Waals surface area contributed by atoms with Crippen molar-refractivity contribution in [2.24, 2.45) is 0 Å². The Morgan fingerprint density at radius 1 is 0.130 bits per heavy atom. The van der Waals surface area contributed by atoms with E-state index in [1.54, 1.807) is 0 Å². The minimum atomic E-state index is 1.05. The lowest BCUT2D eigenvalue weighted by atomic mass is 10.0. The molecule has 146 heavy (non-hydrogen) atoms. The maximum atomic E-state index is 3.59. The quantitative estimate of drug-likeness (QED) is 0.0568. The van der Waals surface area contributed by atoms with Crippen LogP contribution in [0.5, 0.6) is 0 Å². The van der Waals surface area contributed by atoms with Crippen LogP contribution in [0.4, 0.5) is 114 Å². The van der Waals surface area contributed by atoms with E-state index in [1.807, 2.05) is 87.8 Å². The Labute approximate surface area is 864 Å². The van der Waals surface area contributed by atoms with Gasteiger partial charge in [-0.25, -0.2) is 0 Å². The number of fused-ring (bicyclic) bond motifs is 14. The molecule has 0 saturated heterocycles. The van der Waals surface area contributed by atoms with Gasteiger partial charge < -0.3 is 40.9 Å². The lowest BCUT2D eigenvalue weighted by Crippen LogP contribution is -2.11. The summed E-state index contributed by atoms with van der Waals surface area (Å²) >= 11 is 7.41. The summed E-state index contributed by atoms with van der Waals surface area (Å²) in [5, 5.41) is 29.5. The second kappa shape index (κ2) is 41.6. The number of para-hydroxylation sites is 5. The highest BCUT2D eigenvalue weighted by molar-refractivity contribution is 7.27. The van der Waals surface area contributed by atoms with E-state index in [0.29, 0.717) is 0 Å². The summed E-state index contributed by atoms with van der Waals surface area (Å²) in [5.74, 6) is 0. The van der Waals surface area contributed by atoms with Crippen molar-refractivity contribution in [2.75, 3.05) is 40.9 Å². The standard InChI is InChI=1S/C40H28N2S.C34H24N2S.2C30H22N2S/c1-2-8-28(9-3-1)30-15-20-34(21-16-30)42(36-24-25-40-38(27-36)37-12-6-7-13-39(37)43-40)35-22-18-32(19-23-35)41-33-17-14-29-10-4-5-11-31(29)26-33;1-2-13-25(14-3-1)35-26-15-9-16-27(23-26)36(31-20-8-12-24-11-4-5-17-28(24)31)32-21-10-19-30-29-18-6-7-22-33(29)37-34(30)32;1-3-10-22(11-4-1)31-23-12-9-15-25(20-23)32(24-13-5-2-6-14-24)26-18-19-28-27-16-7-8-17-29(27)33-30(28)21-26;1-3-9-22(10-4-1)31-23-15-17-25(18-16-23)32(24-11-5-2-6-12-24)26-19-20-30-28(21-26)27-13-7-8-14-29(27)33-30/h1-27,41H;1-23,35H;2*1-21,31H. The molecule has 0 spiro atoms. The zero-order valence-electron chi connectivity index (χ0n) is 79.5. The molecular weight excluding hydrogens is 1850 g/mol. The van der Waals surface area contributed by atoms with Gasteiger partial charge in [0.25, 0.3) is 0 Å². The van der Waals surface area contributed by atoms with Crippen molar-refractivity contribution in [1.29, 1.82) is 0 Å². The van der Waals surface area contributed by atoms with Gasteiger partial charge in [0, 0.05) is 184 Å². The zero-order valence-corrected chi connectivity index (χ0v) is 82.8. The molecule has 23 aromatic carbocycles. The fourth-order valence-electron chi connectivity index (χ4n) is 19.5. The van der Waals surface area contributed by atoms with Gasteiger partial charge in [-0.05, 0) is 282 Å². The Balaban J connectivity index is 0.000000105. The average molecular weight is 1950 g/mol. The molecule has 4 N–H and O–H groups in total. The highest BCUT2D eigenvalue weighted by atomic mass is 32.1. The summed E-state index contributed by atoms with van der Waals surface area (Å²) in [7, 11) is 0. The Kier molecular flexibility index (Phi) is 25.7. The van der Waals surface area contributed by atoms with Gasteiger partial charge in [0.2, 0.25) is 0 Å². The van der Waals surface area contributed by atoms with Gasteiger partial charge in [-0.3, -0.25) is 0 Å². The summed E-state index contributed by atoms with van der Waals surface area (Å²) in [6, 6.07) is 198. The number of nitrogens with zero attached hydrogens (tertiary/aromatic N) is 4. The summed E-state index contributed by atoms with van der Waals surface area (Å²) in [4.78, 5) is 9.40. The third kappa shape index (κ3) is 19.4. The molecule has 27 rings (SSSR count). The molecule has 0 aliphatic carbocycles. The van der Waals surface area contributed by atoms with Crippen LogP contribution in [0.1, 0.15) is 0 Å². The van der Waals surface area contributed by atoms with Crippen LogP contribution in [0.25, 0.3) is 113 Å². The Morgan fingerprint density at radius 3 is 0.938 bits per heavy atom. The highest BCUT2D eigenvalue weighted by Gasteiger charge is 2.24. The molecule has 0 radical (unpaired) electrons. The smallest absolute Gasteiger partial charge is 0.0640 e. The fraction of sp³-hybridized carbons (Fsp3) is 0. The number of anilines is 20. The molecule has 8 nitrogen and oxygen atoms in total. The first-order valence-electron chi connectivity index (χ1n) is 49.0. The molecule has 696 valence electrons. The highest BCUT2D eigenvalue weighted by Crippen LogP contribution is 2.50. The van der Waals surface area contributed by atoms with Crippen LogP contribution < -0.4 is 40.9 Å². The van der Waals surface area contributed by atoms with Gasteiger partial charge in [0.15, 0.2) is 0 Å². The van der Waals surface area contributed by atoms with E-state index in [2.05, 4.69) is 557 Å². The molecule has 27 aromatic rings. The Hall–Kier alpha value is -18.1. The molecule has 4 aromatic heterocycles. The lowest BCUT2D eigenvalue weighted by molar-refractivity contribution is 1.29. The second-order valence-corrected chi connectivity index (χ2v) is 40.2. The largest absolute Gasteiger partial charge is 0.356 e. The number of hydrogen-bond acceptors (Lipinski definition) is 12. The molecule has 0 aliphatic rings. The molecule has 0 atom stereocenters. The van der Waals surface area contributed by atoms with E-state index in [1.165, 1.54) is 125 Å². The van der Waals surface area contributed by atoms with Crippen LogP contribution in [0.15, 0.2) is 558 Å². The van der Waals surface area contributed by atoms with Gasteiger partial charge in [0.1, 0.15) is 0 Å². The van der Waals surface area contributed by atoms with Crippen LogP contribution in [-0.2, 0) is 0 Å². The van der Waals surface area contributed by atoms with Crippen molar-refractivity contribution >= 4 is 261 Å². The molecule has 12 heteroatoms. The van der Waals surface area contributed by atoms with Gasteiger partial charge in [0.05, 0.1) is 16.1 Å². The van der Waals surface area contributed by atoms with Gasteiger partial charge in [-0.2, -0.15) is 0 Å². The van der Waals surface area contributed by atoms with Crippen LogP contribution in [0.3, 0.4) is 0 Å². The number of thiophene rings is 4. The molecule has 0 bridgehead atoms. The van der Waals surface area contributed by atoms with Gasteiger partial charge in [-0.1, -0.05) is 303 Å². The zero-order chi connectivity index (χ0) is 97.3. The maximum absolute atomic E-state index is 3.59. The van der Waals surface area contributed by atoms with Gasteiger partial charge >= 0.3 is 0 Å². The SMILES string of the molecule is c1ccc(-c2ccc(N(c3ccc(Nc4ccc5ccccc5c4)cc3)c3ccc4sc5ccccc5c4c3)cc2)cc1.c1ccc(Nc2ccc(N(c3ccccc3)c3ccc4sc5ccccc5c4c3)cc2)cc1.c1ccc(Nc2cccc(N(c3cccc4ccccc34)c3cccc4c3sc3ccccc34)c2)cc1.c1ccc(Nc2cccc(N(c3ccccc3)c3ccc4c(c3)sc3ccccc34)c2)cc1. The van der Waals surface area contributed by atoms with E-state index in [-0.39, 0.29) is 0 Å². The van der Waals surface area contributed by atoms with Crippen LogP contribution in [0, 0.1) is 0 Å². The number of rotatable bonds is 21. The Morgan fingerprint density at radius 2 is 0.418 bits per heavy atom. The second-order valence-electron chi connectivity index (χ2n) is 35.9. The van der Waals surface area contributed by atoms with E-state index >= 15 is 0 Å². The first-order valence-corrected chi connectivity index (χ1v) is 52.3. The van der Waals surface area contributed by atoms with Crippen molar-refractivity contribution in [3.05, 3.63) is 558 Å². The molecule has 0 fully saturated rings. The van der Waals surface area contributed by atoms with Crippen molar-refractivity contribution in [3.8, 4) is 11.1 Å². The number of hydrogen-bond donors (Lipinski definition) is 4. The lowest BCUT2D eigenvalue weighted by Gasteiger charge is -2.28. The predicted octanol–water partition coefficient (Wildman–Crippen LogP) is 41.0. The Bertz CT molecular complexity index is 9260. The minimum Gasteiger partial charge on any atom is -0.356 e. The van der Waals surface area contributed by atoms with Gasteiger partial charge in [-0.15, -0.1) is 45.3 Å². The number of nitrogens with one attached hydrogen (secondary N) is 4. The minimum absolute atomic E-state index is 1.05. The van der Waals surface area contributed by atoms with E-state index in [9.17, 15) is 0 Å². The van der Waals surface area contributed by atoms with Crippen LogP contribution >= 0.6 is 45.3 Å². The topological polar surface area (TPSA) is 61.1 Å². The third-order valence-electron chi connectivity index (χ3n) is 26.4. The third-order valence-corrected chi connectivity index (χ3v) is 31.1. The molecular formula is C134H96N8S4. The summed E-state index contributed by atoms with van der Waals surface area (Å²) in [5.41, 5.74) is 24.6. The van der Waals surface area contributed by atoms with Crippen molar-refractivity contribution in [2.45, 2.75) is 0 Å². The summed E-state index contributed by atoms with van der Waals surface area (Å²) in [6.07, 6.45) is 0. The van der Waals surface area contributed by atoms with Crippen LogP contribution in [0.2, 0.25) is 0 Å². The fourth-order valence-corrected chi connectivity index (χ4v) is 24.1. The van der Waals surface area contributed by atoms with Crippen molar-refractivity contribution in [1.82, 2.24) is 0 Å². The predicted molar refractivity (Wildman–Crippen MR) is 635 cm³/mol. The monoisotopic (exact) mass is 1940 g/mol. The van der Waals surface area contributed by atoms with Crippen molar-refractivity contribution in [3.63, 3.8) is 0 Å². The van der Waals surface area contributed by atoms with Crippen LogP contribution in [-0.4, -0.2) is 0 Å². The maximum Gasteiger partial charge on any atom is 0.0640 e. The summed E-state index contributed by atoms with van der Waals surface area (Å²) < 4.78 is 10.5. The molecule has 0 unspecified atom stereocenters. The van der Waals surface area contributed by atoms with E-state index in [4.69, 9.17) is 0 Å². The first-order chi connectivity index (χ1) is 72.3. The summed E-state index contributed by atoms with van der Waals surface area (Å²) in [6.45, 7) is 0. The molecule has 0 saturated carbocycles. The molecule has 4 heterocycles. The average Bonchev–Trinajstić information content (AvgIpc) is 1.57. The number of benzene rings is 23. The molecule has 0 aliphatic heterocycles. The molecule has 0 amide bonds. The first kappa shape index (κ1) is 90.4. The van der Waals surface area contributed by atoms with E-state index < -0.39 is 0 Å². The normalized spacial score (nSPS) is 11.2. The van der Waals surface area contributed by atoms with E-state index in [0.717, 1.165) is 102 Å². The van der Waals surface area contributed by atoms with Crippen molar-refractivity contribution < 1.29 is 0 Å².